The summed E-state index contributed by atoms with van der Waals surface area (Å²) in [5.41, 5.74) is 6.92. The van der Waals surface area contributed by atoms with Crippen molar-refractivity contribution in [2.75, 3.05) is 5.32 Å². The number of carbonyl (C=O) groups excluding carboxylic acids is 1. The molecule has 1 aromatic rings. The van der Waals surface area contributed by atoms with E-state index in [1.807, 2.05) is 32.0 Å². The van der Waals surface area contributed by atoms with E-state index < -0.39 is 5.54 Å². The van der Waals surface area contributed by atoms with Crippen molar-refractivity contribution in [2.45, 2.75) is 32.7 Å². The van der Waals surface area contributed by atoms with Crippen LogP contribution in [0.15, 0.2) is 22.7 Å². The van der Waals surface area contributed by atoms with Crippen LogP contribution >= 0.6 is 15.9 Å². The second-order valence-corrected chi connectivity index (χ2v) is 5.06. The average Bonchev–Trinajstić information content (AvgIpc) is 2.22. The van der Waals surface area contributed by atoms with E-state index in [1.54, 1.807) is 6.92 Å². The van der Waals surface area contributed by atoms with Gasteiger partial charge in [-0.05, 0) is 53.9 Å². The van der Waals surface area contributed by atoms with Crippen LogP contribution in [0.25, 0.3) is 0 Å². The van der Waals surface area contributed by atoms with Crippen molar-refractivity contribution in [1.82, 2.24) is 0 Å². The highest BCUT2D eigenvalue weighted by molar-refractivity contribution is 9.10. The molecule has 0 saturated heterocycles. The predicted molar refractivity (Wildman–Crippen MR) is 70.4 cm³/mol. The molecule has 0 spiro atoms. The molecule has 1 atom stereocenters. The molecule has 1 rings (SSSR count). The summed E-state index contributed by atoms with van der Waals surface area (Å²) in [4.78, 5) is 11.8. The number of nitrogens with two attached hydrogens (primary N) is 1. The van der Waals surface area contributed by atoms with E-state index in [1.165, 1.54) is 0 Å². The van der Waals surface area contributed by atoms with Gasteiger partial charge in [-0.15, -0.1) is 0 Å². The monoisotopic (exact) mass is 284 g/mol. The zero-order chi connectivity index (χ0) is 12.3. The molecule has 88 valence electrons. The predicted octanol–water partition coefficient (Wildman–Crippen LogP) is 2.82. The van der Waals surface area contributed by atoms with Crippen molar-refractivity contribution in [3.63, 3.8) is 0 Å². The first-order chi connectivity index (χ1) is 7.36. The zero-order valence-electron chi connectivity index (χ0n) is 9.80. The largest absolute Gasteiger partial charge is 0.323 e. The molecule has 16 heavy (non-hydrogen) atoms. The lowest BCUT2D eigenvalue weighted by Gasteiger charge is -2.22. The van der Waals surface area contributed by atoms with Gasteiger partial charge < -0.3 is 11.1 Å². The fourth-order valence-electron chi connectivity index (χ4n) is 1.15. The second-order valence-electron chi connectivity index (χ2n) is 4.21. The quantitative estimate of drug-likeness (QED) is 0.897. The molecule has 1 amide bonds. The molecule has 4 heteroatoms. The van der Waals surface area contributed by atoms with Crippen molar-refractivity contribution >= 4 is 27.5 Å². The smallest absolute Gasteiger partial charge is 0.244 e. The summed E-state index contributed by atoms with van der Waals surface area (Å²) >= 11 is 3.41. The third-order valence-electron chi connectivity index (χ3n) is 2.63. The van der Waals surface area contributed by atoms with Gasteiger partial charge in [0, 0.05) is 4.47 Å². The first-order valence-electron chi connectivity index (χ1n) is 5.23. The number of nitrogens with one attached hydrogen (secondary N) is 1. The zero-order valence-corrected chi connectivity index (χ0v) is 11.4. The van der Waals surface area contributed by atoms with Crippen LogP contribution in [0.4, 0.5) is 5.69 Å². The molecule has 1 unspecified atom stereocenters. The molecule has 1 aromatic carbocycles. The molecule has 0 aliphatic carbocycles. The Morgan fingerprint density at radius 1 is 1.56 bits per heavy atom. The van der Waals surface area contributed by atoms with E-state index in [9.17, 15) is 4.79 Å². The van der Waals surface area contributed by atoms with E-state index >= 15 is 0 Å². The normalized spacial score (nSPS) is 14.3. The van der Waals surface area contributed by atoms with Gasteiger partial charge in [0.15, 0.2) is 0 Å². The third kappa shape index (κ3) is 3.06. The molecule has 0 heterocycles. The maximum Gasteiger partial charge on any atom is 0.244 e. The molecule has 3 N–H and O–H groups in total. The van der Waals surface area contributed by atoms with Gasteiger partial charge in [-0.1, -0.05) is 13.0 Å². The number of carbonyl (C=O) groups is 1. The number of hydrogen-bond donors (Lipinski definition) is 2. The van der Waals surface area contributed by atoms with Crippen LogP contribution in [0.1, 0.15) is 25.8 Å². The molecule has 0 aromatic heterocycles. The van der Waals surface area contributed by atoms with E-state index in [4.69, 9.17) is 5.73 Å². The highest BCUT2D eigenvalue weighted by Crippen LogP contribution is 2.24. The molecule has 0 radical (unpaired) electrons. The molecular weight excluding hydrogens is 268 g/mol. The van der Waals surface area contributed by atoms with Crippen LogP contribution in [-0.4, -0.2) is 11.4 Å². The van der Waals surface area contributed by atoms with Crippen LogP contribution in [0.3, 0.4) is 0 Å². The number of amides is 1. The Balaban J connectivity index is 2.85. The van der Waals surface area contributed by atoms with Crippen LogP contribution in [0.5, 0.6) is 0 Å². The first kappa shape index (κ1) is 13.2. The fraction of sp³-hybridized carbons (Fsp3) is 0.417. The lowest BCUT2D eigenvalue weighted by atomic mass is 9.99. The van der Waals surface area contributed by atoms with Crippen molar-refractivity contribution in [1.29, 1.82) is 0 Å². The van der Waals surface area contributed by atoms with Crippen LogP contribution in [0.2, 0.25) is 0 Å². The summed E-state index contributed by atoms with van der Waals surface area (Å²) in [6.07, 6.45) is 0.600. The van der Waals surface area contributed by atoms with E-state index in [-0.39, 0.29) is 5.91 Å². The Morgan fingerprint density at radius 3 is 2.69 bits per heavy atom. The summed E-state index contributed by atoms with van der Waals surface area (Å²) in [7, 11) is 0. The topological polar surface area (TPSA) is 55.1 Å². The van der Waals surface area contributed by atoms with Gasteiger partial charge in [0.05, 0.1) is 11.2 Å². The molecule has 0 fully saturated rings. The Bertz CT molecular complexity index is 402. The Hall–Kier alpha value is -0.870. The number of benzene rings is 1. The van der Waals surface area contributed by atoms with Gasteiger partial charge in [-0.25, -0.2) is 0 Å². The van der Waals surface area contributed by atoms with Gasteiger partial charge in [-0.2, -0.15) is 0 Å². The van der Waals surface area contributed by atoms with Gasteiger partial charge in [0.25, 0.3) is 0 Å². The highest BCUT2D eigenvalue weighted by Gasteiger charge is 2.26. The summed E-state index contributed by atoms with van der Waals surface area (Å²) in [6, 6.07) is 5.76. The minimum Gasteiger partial charge on any atom is -0.323 e. The van der Waals surface area contributed by atoms with Gasteiger partial charge in [-0.3, -0.25) is 4.79 Å². The molecular formula is C12H17BrN2O. The Labute approximate surface area is 105 Å². The SMILES string of the molecule is CCC(C)(N)C(=O)Nc1ccc(C)cc1Br. The molecule has 0 saturated carbocycles. The Kier molecular flexibility index (Phi) is 4.10. The standard InChI is InChI=1S/C12H17BrN2O/c1-4-12(3,14)11(16)15-10-6-5-8(2)7-9(10)13/h5-7H,4,14H2,1-3H3,(H,15,16). The summed E-state index contributed by atoms with van der Waals surface area (Å²) < 4.78 is 0.868. The van der Waals surface area contributed by atoms with E-state index in [2.05, 4.69) is 21.2 Å². The third-order valence-corrected chi connectivity index (χ3v) is 3.28. The fourth-order valence-corrected chi connectivity index (χ4v) is 1.74. The van der Waals surface area contributed by atoms with E-state index in [0.29, 0.717) is 6.42 Å². The lowest BCUT2D eigenvalue weighted by molar-refractivity contribution is -0.120. The molecule has 0 bridgehead atoms. The van der Waals surface area contributed by atoms with Gasteiger partial charge in [0.2, 0.25) is 5.91 Å². The Morgan fingerprint density at radius 2 is 2.19 bits per heavy atom. The number of hydrogen-bond acceptors (Lipinski definition) is 2. The number of aryl methyl sites for hydroxylation is 1. The second kappa shape index (κ2) is 4.97. The summed E-state index contributed by atoms with van der Waals surface area (Å²) in [6.45, 7) is 5.61. The lowest BCUT2D eigenvalue weighted by Crippen LogP contribution is -2.47. The van der Waals surface area contributed by atoms with Crippen molar-refractivity contribution < 1.29 is 4.79 Å². The van der Waals surface area contributed by atoms with Crippen molar-refractivity contribution in [3.8, 4) is 0 Å². The summed E-state index contributed by atoms with van der Waals surface area (Å²) in [5.74, 6) is -0.167. The van der Waals surface area contributed by atoms with Crippen LogP contribution < -0.4 is 11.1 Å². The average molecular weight is 285 g/mol. The minimum atomic E-state index is -0.829. The first-order valence-corrected chi connectivity index (χ1v) is 6.02. The van der Waals surface area contributed by atoms with Crippen LogP contribution in [-0.2, 0) is 4.79 Å². The number of halogens is 1. The maximum atomic E-state index is 11.8. The highest BCUT2D eigenvalue weighted by atomic mass is 79.9. The molecule has 0 aliphatic rings. The van der Waals surface area contributed by atoms with Gasteiger partial charge in [0.1, 0.15) is 0 Å². The van der Waals surface area contributed by atoms with Crippen LogP contribution in [0, 0.1) is 6.92 Å². The molecule has 3 nitrogen and oxygen atoms in total. The maximum absolute atomic E-state index is 11.8. The van der Waals surface area contributed by atoms with Gasteiger partial charge >= 0.3 is 0 Å². The van der Waals surface area contributed by atoms with Crippen molar-refractivity contribution in [3.05, 3.63) is 28.2 Å². The van der Waals surface area contributed by atoms with Crippen molar-refractivity contribution in [2.24, 2.45) is 5.73 Å². The minimum absolute atomic E-state index is 0.167. The van der Waals surface area contributed by atoms with E-state index in [0.717, 1.165) is 15.7 Å². The molecule has 0 aliphatic heterocycles. The summed E-state index contributed by atoms with van der Waals surface area (Å²) in [5, 5.41) is 2.82. The number of anilines is 1. The number of rotatable bonds is 3.